The maximum atomic E-state index is 4.87. The molecule has 2 aliphatic rings. The maximum absolute atomic E-state index is 4.87. The number of pyridine rings is 1. The molecule has 2 heterocycles. The minimum Gasteiger partial charge on any atom is -0.679 e. The van der Waals surface area contributed by atoms with Gasteiger partial charge in [-0.25, -0.2) is 0 Å². The lowest BCUT2D eigenvalue weighted by Gasteiger charge is -2.25. The largest absolute Gasteiger partial charge is 0.679 e. The van der Waals surface area contributed by atoms with Crippen LogP contribution in [0, 0.1) is 0 Å². The Hall–Kier alpha value is -7.81. The van der Waals surface area contributed by atoms with Crippen molar-refractivity contribution in [3.63, 3.8) is 0 Å². The second-order valence-corrected chi connectivity index (χ2v) is 17.8. The molecule has 0 saturated carbocycles. The van der Waals surface area contributed by atoms with Crippen LogP contribution in [0.3, 0.4) is 0 Å². The zero-order chi connectivity index (χ0) is 41.8. The Morgan fingerprint density at radius 1 is 0.429 bits per heavy atom. The molecule has 0 amide bonds. The number of hydrogen-bond acceptors (Lipinski definition) is 1. The molecule has 13 rings (SSSR count). The van der Waals surface area contributed by atoms with Gasteiger partial charge in [0.25, 0.3) is 0 Å². The highest BCUT2D eigenvalue weighted by molar-refractivity contribution is 6.29. The van der Waals surface area contributed by atoms with E-state index in [1.165, 1.54) is 115 Å². The van der Waals surface area contributed by atoms with Crippen molar-refractivity contribution >= 4 is 70.3 Å². The van der Waals surface area contributed by atoms with Gasteiger partial charge in [0.15, 0.2) is 0 Å². The van der Waals surface area contributed by atoms with Crippen LogP contribution in [0.2, 0.25) is 0 Å². The highest BCUT2D eigenvalue weighted by Gasteiger charge is 2.37. The highest BCUT2D eigenvalue weighted by atomic mass is 14.9. The van der Waals surface area contributed by atoms with Crippen LogP contribution < -0.4 is 0 Å². The van der Waals surface area contributed by atoms with E-state index in [0.717, 1.165) is 17.0 Å². The molecule has 0 N–H and O–H groups in total. The Balaban J connectivity index is 1.12. The molecule has 63 heavy (non-hydrogen) atoms. The van der Waals surface area contributed by atoms with Gasteiger partial charge in [0.2, 0.25) is 0 Å². The summed E-state index contributed by atoms with van der Waals surface area (Å²) in [5.41, 5.74) is 14.2. The first kappa shape index (κ1) is 35.9. The van der Waals surface area contributed by atoms with Crippen molar-refractivity contribution in [1.82, 2.24) is 4.98 Å². The van der Waals surface area contributed by atoms with Crippen molar-refractivity contribution in [2.75, 3.05) is 6.54 Å². The van der Waals surface area contributed by atoms with Crippen LogP contribution in [0.4, 0.5) is 0 Å². The minimum atomic E-state index is -0.259. The average molecular weight is 802 g/mol. The first-order valence-electron chi connectivity index (χ1n) is 22.0. The predicted molar refractivity (Wildman–Crippen MR) is 268 cm³/mol. The lowest BCUT2D eigenvalue weighted by atomic mass is 9.78. The monoisotopic (exact) mass is 801 g/mol. The van der Waals surface area contributed by atoms with Crippen molar-refractivity contribution in [3.05, 3.63) is 222 Å². The molecule has 2 nitrogen and oxygen atoms in total. The molecule has 296 valence electrons. The summed E-state index contributed by atoms with van der Waals surface area (Å²) in [5.74, 6) is 0. The number of nitrogens with zero attached hydrogens (tertiary/aromatic N) is 2. The zero-order valence-electron chi connectivity index (χ0n) is 35.2. The zero-order valence-corrected chi connectivity index (χ0v) is 35.2. The van der Waals surface area contributed by atoms with Gasteiger partial charge in [0.05, 0.1) is 0 Å². The van der Waals surface area contributed by atoms with Crippen LogP contribution in [-0.2, 0) is 5.41 Å². The van der Waals surface area contributed by atoms with E-state index < -0.39 is 0 Å². The van der Waals surface area contributed by atoms with Crippen LogP contribution >= 0.6 is 0 Å². The van der Waals surface area contributed by atoms with Crippen molar-refractivity contribution in [1.29, 1.82) is 0 Å². The summed E-state index contributed by atoms with van der Waals surface area (Å²) in [5, 5.41) is 19.9. The molecule has 1 aliphatic heterocycles. The fourth-order valence-electron chi connectivity index (χ4n) is 11.0. The van der Waals surface area contributed by atoms with Crippen LogP contribution in [0.1, 0.15) is 30.7 Å². The fraction of sp³-hybridized carbons (Fsp3) is 0.0656. The molecule has 0 atom stereocenters. The molecule has 0 unspecified atom stereocenters. The van der Waals surface area contributed by atoms with Gasteiger partial charge in [-0.15, -0.1) is 18.3 Å². The third kappa shape index (κ3) is 5.34. The molecule has 2 heteroatoms. The van der Waals surface area contributed by atoms with E-state index >= 15 is 0 Å². The summed E-state index contributed by atoms with van der Waals surface area (Å²) < 4.78 is 0. The quantitative estimate of drug-likeness (QED) is 0.129. The van der Waals surface area contributed by atoms with Crippen molar-refractivity contribution < 1.29 is 0 Å². The number of aromatic nitrogens is 1. The van der Waals surface area contributed by atoms with Gasteiger partial charge in [0, 0.05) is 22.9 Å². The molecule has 11 aromatic rings. The van der Waals surface area contributed by atoms with Crippen LogP contribution in [0.5, 0.6) is 0 Å². The lowest BCUT2D eigenvalue weighted by molar-refractivity contribution is 0.661. The number of fused-ring (bicyclic) bond motifs is 11. The van der Waals surface area contributed by atoms with Gasteiger partial charge in [-0.1, -0.05) is 166 Å². The second-order valence-electron chi connectivity index (χ2n) is 17.8. The molecule has 0 radical (unpaired) electrons. The molecule has 1 aliphatic carbocycles. The highest BCUT2D eigenvalue weighted by Crippen LogP contribution is 2.55. The van der Waals surface area contributed by atoms with E-state index in [4.69, 9.17) is 4.98 Å². The van der Waals surface area contributed by atoms with Gasteiger partial charge in [-0.2, -0.15) is 0 Å². The summed E-state index contributed by atoms with van der Waals surface area (Å²) in [6.07, 6.45) is 8.16. The Labute approximate surface area is 366 Å². The molecule has 0 fully saturated rings. The van der Waals surface area contributed by atoms with E-state index in [2.05, 4.69) is 207 Å². The normalized spacial score (nSPS) is 14.1. The van der Waals surface area contributed by atoms with Crippen LogP contribution in [-0.4, -0.2) is 11.5 Å². The van der Waals surface area contributed by atoms with Gasteiger partial charge >= 0.3 is 0 Å². The number of allylic oxidation sites excluding steroid dienone is 2. The minimum absolute atomic E-state index is 0.259. The van der Waals surface area contributed by atoms with Crippen molar-refractivity contribution in [2.24, 2.45) is 0 Å². The summed E-state index contributed by atoms with van der Waals surface area (Å²) in [6.45, 7) is 5.51. The number of hydrogen-bond donors (Lipinski definition) is 0. The SMILES string of the molecule is CC1(C)c2cc(-c3ccc(C4=CC=CC[N-]4)nc3)ccc2-c2cc3c(-c4cc5ccccc5c5ccccc45)c4ccccc4c(-c4cc5ccccc5c5ccccc45)c3cc21. The molecule has 0 bridgehead atoms. The summed E-state index contributed by atoms with van der Waals surface area (Å²) >= 11 is 0. The standard InChI is InChI=1S/C61H41N2/c1-61(2)55-33-37(40-27-29-58(63-36-40)57-25-13-14-30-62-57)26-28-47(55)50-34-53-54(35-56(50)61)60(52-32-39-16-4-6-18-42(39)44-20-8-10-22-46(44)52)49-24-12-11-23-48(49)59(53)51-31-38-15-3-5-17-41(38)43-19-7-9-21-45(43)51/h3-29,31-36H,30H2,1-2H3/q-1. The number of rotatable bonds is 4. The van der Waals surface area contributed by atoms with E-state index in [1.807, 2.05) is 12.3 Å². The third-order valence-electron chi connectivity index (χ3n) is 14.0. The van der Waals surface area contributed by atoms with E-state index in [1.54, 1.807) is 0 Å². The molecule has 10 aromatic carbocycles. The predicted octanol–water partition coefficient (Wildman–Crippen LogP) is 16.6. The average Bonchev–Trinajstić information content (AvgIpc) is 3.56. The lowest BCUT2D eigenvalue weighted by Crippen LogP contribution is -2.15. The first-order chi connectivity index (χ1) is 31.0. The Morgan fingerprint density at radius 2 is 0.952 bits per heavy atom. The molecular weight excluding hydrogens is 761 g/mol. The van der Waals surface area contributed by atoms with Crippen LogP contribution in [0.15, 0.2) is 200 Å². The van der Waals surface area contributed by atoms with E-state index in [-0.39, 0.29) is 5.41 Å². The van der Waals surface area contributed by atoms with Gasteiger partial charge in [0.1, 0.15) is 0 Å². The smallest absolute Gasteiger partial charge is 0.0481 e. The Bertz CT molecular complexity index is 3810. The molecule has 0 saturated heterocycles. The van der Waals surface area contributed by atoms with Gasteiger partial charge in [-0.05, 0) is 151 Å². The molecule has 0 spiro atoms. The third-order valence-corrected chi connectivity index (χ3v) is 14.0. The van der Waals surface area contributed by atoms with Gasteiger partial charge < -0.3 is 5.32 Å². The first-order valence-corrected chi connectivity index (χ1v) is 22.0. The van der Waals surface area contributed by atoms with Gasteiger partial charge in [-0.3, -0.25) is 4.98 Å². The molecular formula is C61H41N2-. The second kappa shape index (κ2) is 13.6. The summed E-state index contributed by atoms with van der Waals surface area (Å²) in [6, 6.07) is 66.1. The summed E-state index contributed by atoms with van der Waals surface area (Å²) in [7, 11) is 0. The van der Waals surface area contributed by atoms with Crippen LogP contribution in [0.25, 0.3) is 120 Å². The van der Waals surface area contributed by atoms with Crippen molar-refractivity contribution in [2.45, 2.75) is 19.3 Å². The fourth-order valence-corrected chi connectivity index (χ4v) is 11.0. The Morgan fingerprint density at radius 3 is 1.52 bits per heavy atom. The van der Waals surface area contributed by atoms with E-state index in [9.17, 15) is 0 Å². The topological polar surface area (TPSA) is 27.0 Å². The Kier molecular flexibility index (Phi) is 7.75. The molecule has 1 aromatic heterocycles. The van der Waals surface area contributed by atoms with Crippen molar-refractivity contribution in [3.8, 4) is 44.5 Å². The maximum Gasteiger partial charge on any atom is 0.0481 e. The number of benzene rings is 10. The van der Waals surface area contributed by atoms with E-state index in [0.29, 0.717) is 6.54 Å². The summed E-state index contributed by atoms with van der Waals surface area (Å²) in [4.78, 5) is 4.87.